The van der Waals surface area contributed by atoms with Crippen molar-refractivity contribution in [1.29, 1.82) is 0 Å². The minimum Gasteiger partial charge on any atom is -0.329 e. The van der Waals surface area contributed by atoms with Crippen LogP contribution in [-0.2, 0) is 0 Å². The number of halogens is 2. The van der Waals surface area contributed by atoms with E-state index in [9.17, 15) is 0 Å². The van der Waals surface area contributed by atoms with Gasteiger partial charge in [-0.3, -0.25) is 4.90 Å². The summed E-state index contributed by atoms with van der Waals surface area (Å²) in [6.07, 6.45) is 2.20. The van der Waals surface area contributed by atoms with Crippen LogP contribution in [0.3, 0.4) is 0 Å². The largest absolute Gasteiger partial charge is 0.329 e. The molecule has 0 radical (unpaired) electrons. The van der Waals surface area contributed by atoms with Gasteiger partial charge in [-0.05, 0) is 31.5 Å². The second-order valence-corrected chi connectivity index (χ2v) is 5.32. The summed E-state index contributed by atoms with van der Waals surface area (Å²) in [6.45, 7) is 4.92. The first-order chi connectivity index (χ1) is 8.56. The fraction of sp³-hybridized carbons (Fsp3) is 0.571. The molecule has 0 amide bonds. The lowest BCUT2D eigenvalue weighted by Gasteiger charge is -2.34. The van der Waals surface area contributed by atoms with E-state index in [2.05, 4.69) is 25.8 Å². The predicted octanol–water partition coefficient (Wildman–Crippen LogP) is 4.11. The Morgan fingerprint density at radius 3 is 2.33 bits per heavy atom. The van der Waals surface area contributed by atoms with Gasteiger partial charge in [0, 0.05) is 18.6 Å². The molecule has 18 heavy (non-hydrogen) atoms. The standard InChI is InChI=1S/C14H22Cl2N2/c1-4-10(5-2)18(3)13(9-17)11-7-6-8-12(15)14(11)16/h6-8,10,13H,4-5,9,17H2,1-3H3. The first kappa shape index (κ1) is 15.8. The van der Waals surface area contributed by atoms with E-state index in [0.717, 1.165) is 18.4 Å². The number of rotatable bonds is 6. The molecule has 1 rings (SSSR count). The van der Waals surface area contributed by atoms with Crippen LogP contribution in [0.1, 0.15) is 38.3 Å². The lowest BCUT2D eigenvalue weighted by molar-refractivity contribution is 0.168. The summed E-state index contributed by atoms with van der Waals surface area (Å²) in [5.41, 5.74) is 6.94. The van der Waals surface area contributed by atoms with Gasteiger partial charge in [-0.2, -0.15) is 0 Å². The summed E-state index contributed by atoms with van der Waals surface area (Å²) >= 11 is 12.4. The molecule has 1 aromatic carbocycles. The highest BCUT2D eigenvalue weighted by molar-refractivity contribution is 6.42. The lowest BCUT2D eigenvalue weighted by atomic mass is 10.0. The van der Waals surface area contributed by atoms with E-state index in [1.165, 1.54) is 0 Å². The first-order valence-electron chi connectivity index (χ1n) is 6.42. The molecule has 0 aromatic heterocycles. The molecule has 0 bridgehead atoms. The molecule has 0 aliphatic carbocycles. The monoisotopic (exact) mass is 288 g/mol. The molecule has 2 N–H and O–H groups in total. The Balaban J connectivity index is 3.05. The third kappa shape index (κ3) is 3.39. The zero-order valence-electron chi connectivity index (χ0n) is 11.3. The van der Waals surface area contributed by atoms with E-state index in [0.29, 0.717) is 22.6 Å². The number of nitrogens with zero attached hydrogens (tertiary/aromatic N) is 1. The molecule has 1 unspecified atom stereocenters. The summed E-state index contributed by atoms with van der Waals surface area (Å²) < 4.78 is 0. The highest BCUT2D eigenvalue weighted by Gasteiger charge is 2.23. The molecule has 1 atom stereocenters. The van der Waals surface area contributed by atoms with Crippen molar-refractivity contribution in [2.24, 2.45) is 5.73 Å². The van der Waals surface area contributed by atoms with Gasteiger partial charge >= 0.3 is 0 Å². The zero-order chi connectivity index (χ0) is 13.7. The fourth-order valence-corrected chi connectivity index (χ4v) is 2.84. The van der Waals surface area contributed by atoms with Gasteiger partial charge in [0.05, 0.1) is 10.0 Å². The summed E-state index contributed by atoms with van der Waals surface area (Å²) in [5.74, 6) is 0. The number of nitrogens with two attached hydrogens (primary N) is 1. The molecular formula is C14H22Cl2N2. The molecule has 4 heteroatoms. The van der Waals surface area contributed by atoms with Gasteiger partial charge in [0.2, 0.25) is 0 Å². The van der Waals surface area contributed by atoms with Crippen LogP contribution in [0.15, 0.2) is 18.2 Å². The summed E-state index contributed by atoms with van der Waals surface area (Å²) in [4.78, 5) is 2.30. The van der Waals surface area contributed by atoms with Gasteiger partial charge in [-0.25, -0.2) is 0 Å². The number of likely N-dealkylation sites (N-methyl/N-ethyl adjacent to an activating group) is 1. The molecule has 0 aliphatic rings. The predicted molar refractivity (Wildman–Crippen MR) is 80.4 cm³/mol. The molecule has 0 heterocycles. The Labute approximate surface area is 120 Å². The second-order valence-electron chi connectivity index (χ2n) is 4.53. The maximum Gasteiger partial charge on any atom is 0.0640 e. The van der Waals surface area contributed by atoms with E-state index in [1.807, 2.05) is 12.1 Å². The van der Waals surface area contributed by atoms with Crippen molar-refractivity contribution in [1.82, 2.24) is 4.90 Å². The number of hydrogen-bond acceptors (Lipinski definition) is 2. The molecule has 102 valence electrons. The SMILES string of the molecule is CCC(CC)N(C)C(CN)c1cccc(Cl)c1Cl. The molecule has 0 saturated carbocycles. The fourth-order valence-electron chi connectivity index (χ4n) is 2.41. The first-order valence-corrected chi connectivity index (χ1v) is 7.18. The van der Waals surface area contributed by atoms with Crippen molar-refractivity contribution in [3.05, 3.63) is 33.8 Å². The smallest absolute Gasteiger partial charge is 0.0640 e. The molecular weight excluding hydrogens is 267 g/mol. The molecule has 0 spiro atoms. The van der Waals surface area contributed by atoms with Gasteiger partial charge < -0.3 is 5.73 Å². The van der Waals surface area contributed by atoms with Crippen LogP contribution in [0.4, 0.5) is 0 Å². The van der Waals surface area contributed by atoms with E-state index < -0.39 is 0 Å². The Bertz CT molecular complexity index is 378. The van der Waals surface area contributed by atoms with Crippen LogP contribution >= 0.6 is 23.2 Å². The van der Waals surface area contributed by atoms with Crippen LogP contribution < -0.4 is 5.73 Å². The van der Waals surface area contributed by atoms with Crippen LogP contribution in [0.2, 0.25) is 10.0 Å². The average molecular weight is 289 g/mol. The molecule has 0 fully saturated rings. The van der Waals surface area contributed by atoms with Gasteiger partial charge in [0.25, 0.3) is 0 Å². The summed E-state index contributed by atoms with van der Waals surface area (Å²) in [5, 5.41) is 1.21. The topological polar surface area (TPSA) is 29.3 Å². The zero-order valence-corrected chi connectivity index (χ0v) is 12.8. The van der Waals surface area contributed by atoms with Crippen molar-refractivity contribution in [3.8, 4) is 0 Å². The van der Waals surface area contributed by atoms with Crippen molar-refractivity contribution in [2.75, 3.05) is 13.6 Å². The van der Waals surface area contributed by atoms with Gasteiger partial charge in [-0.15, -0.1) is 0 Å². The third-order valence-corrected chi connectivity index (χ3v) is 4.41. The minimum absolute atomic E-state index is 0.112. The van der Waals surface area contributed by atoms with Crippen molar-refractivity contribution < 1.29 is 0 Å². The van der Waals surface area contributed by atoms with Crippen molar-refractivity contribution >= 4 is 23.2 Å². The van der Waals surface area contributed by atoms with Gasteiger partial charge in [-0.1, -0.05) is 49.2 Å². The maximum atomic E-state index is 6.29. The normalized spacial score (nSPS) is 13.3. The van der Waals surface area contributed by atoms with Crippen LogP contribution in [0.25, 0.3) is 0 Å². The van der Waals surface area contributed by atoms with E-state index in [1.54, 1.807) is 6.07 Å². The quantitative estimate of drug-likeness (QED) is 0.853. The average Bonchev–Trinajstić information content (AvgIpc) is 2.37. The number of hydrogen-bond donors (Lipinski definition) is 1. The van der Waals surface area contributed by atoms with Crippen LogP contribution in [0, 0.1) is 0 Å². The Hall–Kier alpha value is -0.280. The van der Waals surface area contributed by atoms with Gasteiger partial charge in [0.15, 0.2) is 0 Å². The molecule has 2 nitrogen and oxygen atoms in total. The Morgan fingerprint density at radius 2 is 1.83 bits per heavy atom. The van der Waals surface area contributed by atoms with Crippen molar-refractivity contribution in [2.45, 2.75) is 38.8 Å². The Kier molecular flexibility index (Phi) is 6.44. The lowest BCUT2D eigenvalue weighted by Crippen LogP contribution is -2.38. The minimum atomic E-state index is 0.112. The third-order valence-electron chi connectivity index (χ3n) is 3.57. The van der Waals surface area contributed by atoms with Crippen molar-refractivity contribution in [3.63, 3.8) is 0 Å². The highest BCUT2D eigenvalue weighted by atomic mass is 35.5. The summed E-state index contributed by atoms with van der Waals surface area (Å²) in [7, 11) is 2.10. The van der Waals surface area contributed by atoms with E-state index in [4.69, 9.17) is 28.9 Å². The molecule has 0 saturated heterocycles. The molecule has 1 aromatic rings. The Morgan fingerprint density at radius 1 is 1.22 bits per heavy atom. The maximum absolute atomic E-state index is 6.29. The van der Waals surface area contributed by atoms with E-state index >= 15 is 0 Å². The number of benzene rings is 1. The van der Waals surface area contributed by atoms with Crippen LogP contribution in [-0.4, -0.2) is 24.5 Å². The second kappa shape index (κ2) is 7.34. The van der Waals surface area contributed by atoms with Crippen LogP contribution in [0.5, 0.6) is 0 Å². The van der Waals surface area contributed by atoms with Gasteiger partial charge in [0.1, 0.15) is 0 Å². The highest BCUT2D eigenvalue weighted by Crippen LogP contribution is 2.33. The van der Waals surface area contributed by atoms with E-state index in [-0.39, 0.29) is 6.04 Å². The summed E-state index contributed by atoms with van der Waals surface area (Å²) in [6, 6.07) is 6.35. The molecule has 0 aliphatic heterocycles.